The molecule has 1 aliphatic heterocycles. The van der Waals surface area contributed by atoms with E-state index in [4.69, 9.17) is 0 Å². The summed E-state index contributed by atoms with van der Waals surface area (Å²) in [5, 5.41) is 0.0880. The number of halogens is 3. The number of aromatic amines is 1. The number of amides is 1. The van der Waals surface area contributed by atoms with Gasteiger partial charge >= 0.3 is 6.18 Å². The highest BCUT2D eigenvalue weighted by Crippen LogP contribution is 2.30. The molecule has 150 valence electrons. The standard InChI is InChI=1S/C19H16F3N5O2/c20-19(21,22)16-4-3-12-14(25-16)8-13(26-17(12)28)11-2-1-7-27(10-11)18(29)15-9-23-5-6-24-15/h3-6,8-9,11H,1-2,7,10H2,(H,26,28)/t11-/m1/s1. The van der Waals surface area contributed by atoms with Crippen molar-refractivity contribution in [1.29, 1.82) is 0 Å². The SMILES string of the molecule is O=C(c1cnccn1)N1CCC[C@@H](c2cc3nc(C(F)(F)F)ccc3c(=O)[nH]2)C1. The van der Waals surface area contributed by atoms with Gasteiger partial charge < -0.3 is 9.88 Å². The average Bonchev–Trinajstić information content (AvgIpc) is 2.73. The third kappa shape index (κ3) is 3.82. The van der Waals surface area contributed by atoms with Gasteiger partial charge in [-0.05, 0) is 31.0 Å². The molecule has 7 nitrogen and oxygen atoms in total. The molecule has 0 spiro atoms. The first-order chi connectivity index (χ1) is 13.8. The molecule has 0 saturated carbocycles. The quantitative estimate of drug-likeness (QED) is 0.710. The molecule has 1 N–H and O–H groups in total. The number of nitrogens with one attached hydrogen (secondary N) is 1. The van der Waals surface area contributed by atoms with Gasteiger partial charge in [-0.2, -0.15) is 13.2 Å². The molecule has 1 saturated heterocycles. The largest absolute Gasteiger partial charge is 0.433 e. The summed E-state index contributed by atoms with van der Waals surface area (Å²) in [7, 11) is 0. The first-order valence-electron chi connectivity index (χ1n) is 8.99. The zero-order chi connectivity index (χ0) is 20.6. The molecule has 1 amide bonds. The summed E-state index contributed by atoms with van der Waals surface area (Å²) >= 11 is 0. The molecule has 0 aromatic carbocycles. The van der Waals surface area contributed by atoms with Crippen molar-refractivity contribution in [3.8, 4) is 0 Å². The predicted molar refractivity (Wildman–Crippen MR) is 97.3 cm³/mol. The van der Waals surface area contributed by atoms with Crippen LogP contribution >= 0.6 is 0 Å². The van der Waals surface area contributed by atoms with Gasteiger partial charge in [-0.3, -0.25) is 14.6 Å². The summed E-state index contributed by atoms with van der Waals surface area (Å²) < 4.78 is 38.9. The van der Waals surface area contributed by atoms with Crippen molar-refractivity contribution in [3.63, 3.8) is 0 Å². The van der Waals surface area contributed by atoms with E-state index in [1.165, 1.54) is 24.7 Å². The maximum Gasteiger partial charge on any atom is 0.433 e. The van der Waals surface area contributed by atoms with Crippen LogP contribution in [0.25, 0.3) is 10.9 Å². The maximum absolute atomic E-state index is 13.0. The summed E-state index contributed by atoms with van der Waals surface area (Å²) in [5.41, 5.74) is -0.890. The third-order valence-corrected chi connectivity index (χ3v) is 4.94. The minimum absolute atomic E-state index is 0.0176. The first kappa shape index (κ1) is 19.0. The lowest BCUT2D eigenvalue weighted by molar-refractivity contribution is -0.140. The minimum Gasteiger partial charge on any atom is -0.337 e. The molecule has 4 heterocycles. The predicted octanol–water partition coefficient (Wildman–Crippen LogP) is 2.75. The molecule has 3 aromatic heterocycles. The lowest BCUT2D eigenvalue weighted by Crippen LogP contribution is -2.40. The summed E-state index contributed by atoms with van der Waals surface area (Å²) in [5.74, 6) is -0.499. The molecule has 1 fully saturated rings. The molecule has 1 atom stereocenters. The molecular formula is C19H16F3N5O2. The maximum atomic E-state index is 13.0. The Morgan fingerprint density at radius 1 is 1.24 bits per heavy atom. The summed E-state index contributed by atoms with van der Waals surface area (Å²) in [6.45, 7) is 0.843. The van der Waals surface area contributed by atoms with Gasteiger partial charge in [-0.25, -0.2) is 9.97 Å². The van der Waals surface area contributed by atoms with Crippen LogP contribution in [0.5, 0.6) is 0 Å². The molecule has 10 heteroatoms. The van der Waals surface area contributed by atoms with Crippen molar-refractivity contribution in [2.75, 3.05) is 13.1 Å². The topological polar surface area (TPSA) is 91.8 Å². The molecule has 0 bridgehead atoms. The zero-order valence-corrected chi connectivity index (χ0v) is 15.1. The van der Waals surface area contributed by atoms with E-state index in [0.717, 1.165) is 12.1 Å². The molecular weight excluding hydrogens is 387 g/mol. The van der Waals surface area contributed by atoms with Crippen molar-refractivity contribution >= 4 is 16.8 Å². The lowest BCUT2D eigenvalue weighted by Gasteiger charge is -2.32. The summed E-state index contributed by atoms with van der Waals surface area (Å²) in [6, 6.07) is 3.38. The lowest BCUT2D eigenvalue weighted by atomic mass is 9.93. The van der Waals surface area contributed by atoms with Gasteiger partial charge in [-0.1, -0.05) is 0 Å². The number of nitrogens with zero attached hydrogens (tertiary/aromatic N) is 4. The van der Waals surface area contributed by atoms with E-state index in [9.17, 15) is 22.8 Å². The summed E-state index contributed by atoms with van der Waals surface area (Å²) in [4.78, 5) is 40.9. The number of pyridine rings is 2. The Hall–Kier alpha value is -3.30. The van der Waals surface area contributed by atoms with Crippen molar-refractivity contribution in [2.24, 2.45) is 0 Å². The van der Waals surface area contributed by atoms with Gasteiger partial charge in [0.25, 0.3) is 11.5 Å². The van der Waals surface area contributed by atoms with E-state index in [1.807, 2.05) is 0 Å². The van der Waals surface area contributed by atoms with E-state index >= 15 is 0 Å². The number of alkyl halides is 3. The highest BCUT2D eigenvalue weighted by molar-refractivity contribution is 5.92. The minimum atomic E-state index is -4.60. The Labute approximate surface area is 162 Å². The van der Waals surface area contributed by atoms with Crippen molar-refractivity contribution < 1.29 is 18.0 Å². The average molecular weight is 403 g/mol. The number of hydrogen-bond acceptors (Lipinski definition) is 5. The number of hydrogen-bond donors (Lipinski definition) is 1. The fourth-order valence-corrected chi connectivity index (χ4v) is 3.52. The Balaban J connectivity index is 1.65. The second kappa shape index (κ2) is 7.26. The number of aromatic nitrogens is 4. The van der Waals surface area contributed by atoms with Crippen molar-refractivity contribution in [3.05, 3.63) is 64.2 Å². The van der Waals surface area contributed by atoms with Crippen LogP contribution in [-0.2, 0) is 6.18 Å². The monoisotopic (exact) mass is 403 g/mol. The fraction of sp³-hybridized carbons (Fsp3) is 0.316. The molecule has 0 radical (unpaired) electrons. The van der Waals surface area contributed by atoms with E-state index in [0.29, 0.717) is 31.6 Å². The molecule has 3 aromatic rings. The van der Waals surface area contributed by atoms with E-state index < -0.39 is 17.4 Å². The van der Waals surface area contributed by atoms with Crippen molar-refractivity contribution in [1.82, 2.24) is 24.8 Å². The van der Waals surface area contributed by atoms with Crippen LogP contribution in [0.2, 0.25) is 0 Å². The number of rotatable bonds is 2. The normalized spacial score (nSPS) is 17.5. The Kier molecular flexibility index (Phi) is 4.77. The van der Waals surface area contributed by atoms with Gasteiger partial charge in [0.1, 0.15) is 11.4 Å². The Bertz CT molecular complexity index is 1110. The highest BCUT2D eigenvalue weighted by atomic mass is 19.4. The highest BCUT2D eigenvalue weighted by Gasteiger charge is 2.33. The van der Waals surface area contributed by atoms with E-state index in [1.54, 1.807) is 4.90 Å². The van der Waals surface area contributed by atoms with Crippen molar-refractivity contribution in [2.45, 2.75) is 24.9 Å². The molecule has 0 unspecified atom stereocenters. The molecule has 29 heavy (non-hydrogen) atoms. The second-order valence-electron chi connectivity index (χ2n) is 6.86. The molecule has 1 aliphatic rings. The van der Waals surface area contributed by atoms with E-state index in [2.05, 4.69) is 19.9 Å². The van der Waals surface area contributed by atoms with Crippen LogP contribution in [0.3, 0.4) is 0 Å². The van der Waals surface area contributed by atoms with Gasteiger partial charge in [0.15, 0.2) is 0 Å². The van der Waals surface area contributed by atoms with Gasteiger partial charge in [0.2, 0.25) is 0 Å². The smallest absolute Gasteiger partial charge is 0.337 e. The van der Waals surface area contributed by atoms with Crippen LogP contribution in [0.1, 0.15) is 40.6 Å². The van der Waals surface area contributed by atoms with Crippen LogP contribution < -0.4 is 5.56 Å². The number of H-pyrrole nitrogens is 1. The van der Waals surface area contributed by atoms with E-state index in [-0.39, 0.29) is 28.4 Å². The third-order valence-electron chi connectivity index (χ3n) is 4.94. The van der Waals surface area contributed by atoms with Crippen LogP contribution in [0.15, 0.2) is 41.6 Å². The van der Waals surface area contributed by atoms with Gasteiger partial charge in [0.05, 0.1) is 17.1 Å². The number of carbonyl (C=O) groups excluding carboxylic acids is 1. The second-order valence-corrected chi connectivity index (χ2v) is 6.86. The van der Waals surface area contributed by atoms with Crippen LogP contribution in [0.4, 0.5) is 13.2 Å². The van der Waals surface area contributed by atoms with Gasteiger partial charge in [-0.15, -0.1) is 0 Å². The zero-order valence-electron chi connectivity index (χ0n) is 15.1. The fourth-order valence-electron chi connectivity index (χ4n) is 3.52. The number of fused-ring (bicyclic) bond motifs is 1. The number of piperidine rings is 1. The first-order valence-corrected chi connectivity index (χ1v) is 8.99. The molecule has 4 rings (SSSR count). The Morgan fingerprint density at radius 3 is 2.79 bits per heavy atom. The molecule has 0 aliphatic carbocycles. The summed E-state index contributed by atoms with van der Waals surface area (Å²) in [6.07, 6.45) is 1.06. The number of likely N-dealkylation sites (tertiary alicyclic amines) is 1. The number of carbonyl (C=O) groups is 1. The Morgan fingerprint density at radius 2 is 2.07 bits per heavy atom. The van der Waals surface area contributed by atoms with Gasteiger partial charge in [0, 0.05) is 37.1 Å². The van der Waals surface area contributed by atoms with Crippen LogP contribution in [-0.4, -0.2) is 43.8 Å². The van der Waals surface area contributed by atoms with Crippen LogP contribution in [0, 0.1) is 0 Å².